The van der Waals surface area contributed by atoms with Crippen molar-refractivity contribution in [2.75, 3.05) is 26.5 Å². The van der Waals surface area contributed by atoms with Crippen molar-refractivity contribution in [3.05, 3.63) is 28.2 Å². The van der Waals surface area contributed by atoms with Crippen LogP contribution in [0, 0.1) is 0 Å². The third-order valence-electron chi connectivity index (χ3n) is 2.62. The third-order valence-corrected chi connectivity index (χ3v) is 4.29. The number of hydrogen-bond acceptors (Lipinski definition) is 3. The first-order chi connectivity index (χ1) is 8.19. The van der Waals surface area contributed by atoms with E-state index in [1.54, 1.807) is 7.11 Å². The Hall–Kier alpha value is -0.0300. The van der Waals surface area contributed by atoms with Gasteiger partial charge in [-0.05, 0) is 44.2 Å². The average molecular weight is 318 g/mol. The van der Waals surface area contributed by atoms with Crippen LogP contribution in [0.3, 0.4) is 0 Å². The lowest BCUT2D eigenvalue weighted by Gasteiger charge is -2.16. The minimum absolute atomic E-state index is 0.373. The van der Waals surface area contributed by atoms with Gasteiger partial charge in [0.25, 0.3) is 0 Å². The van der Waals surface area contributed by atoms with Gasteiger partial charge in [0, 0.05) is 34.9 Å². The lowest BCUT2D eigenvalue weighted by Crippen LogP contribution is -2.13. The maximum Gasteiger partial charge on any atom is 0.0470 e. The number of rotatable bonds is 7. The molecule has 1 aromatic rings. The largest absolute Gasteiger partial charge is 0.385 e. The lowest BCUT2D eigenvalue weighted by atomic mass is 10.1. The fourth-order valence-corrected chi connectivity index (χ4v) is 2.96. The van der Waals surface area contributed by atoms with E-state index in [-0.39, 0.29) is 0 Å². The molecule has 17 heavy (non-hydrogen) atoms. The van der Waals surface area contributed by atoms with Gasteiger partial charge in [0.1, 0.15) is 0 Å². The molecule has 0 spiro atoms. The second-order valence-corrected chi connectivity index (χ2v) is 5.94. The Kier molecular flexibility index (Phi) is 7.19. The van der Waals surface area contributed by atoms with Gasteiger partial charge in [0.15, 0.2) is 0 Å². The Morgan fingerprint density at radius 3 is 2.88 bits per heavy atom. The van der Waals surface area contributed by atoms with Gasteiger partial charge in [-0.3, -0.25) is 0 Å². The van der Waals surface area contributed by atoms with Gasteiger partial charge in [0.05, 0.1) is 0 Å². The molecule has 0 saturated carbocycles. The predicted molar refractivity (Wildman–Crippen MR) is 78.8 cm³/mol. The maximum atomic E-state index is 5.06. The van der Waals surface area contributed by atoms with Crippen molar-refractivity contribution in [2.24, 2.45) is 0 Å². The Morgan fingerprint density at radius 2 is 2.24 bits per heavy atom. The van der Waals surface area contributed by atoms with Gasteiger partial charge < -0.3 is 10.1 Å². The Morgan fingerprint density at radius 1 is 1.47 bits per heavy atom. The summed E-state index contributed by atoms with van der Waals surface area (Å²) >= 11 is 5.43. The van der Waals surface area contributed by atoms with E-state index in [0.717, 1.165) is 23.3 Å². The quantitative estimate of drug-likeness (QED) is 0.609. The Bertz CT molecular complexity index is 346. The van der Waals surface area contributed by atoms with Crippen LogP contribution in [-0.4, -0.2) is 26.5 Å². The summed E-state index contributed by atoms with van der Waals surface area (Å²) in [5.41, 5.74) is 1.35. The zero-order valence-electron chi connectivity index (χ0n) is 10.6. The number of hydrogen-bond donors (Lipinski definition) is 1. The van der Waals surface area contributed by atoms with Gasteiger partial charge >= 0.3 is 0 Å². The van der Waals surface area contributed by atoms with Gasteiger partial charge in [-0.1, -0.05) is 15.9 Å². The standard InChI is InChI=1S/C13H20BrNOS/c1-10(15-2)12-9-11(14)5-6-13(12)17-8-4-7-16-3/h5-6,9-10,15H,4,7-8H2,1-3H3. The van der Waals surface area contributed by atoms with Gasteiger partial charge in [0.2, 0.25) is 0 Å². The summed E-state index contributed by atoms with van der Waals surface area (Å²) in [6.07, 6.45) is 1.09. The molecule has 1 rings (SSSR count). The molecule has 0 heterocycles. The number of nitrogens with one attached hydrogen (secondary N) is 1. The number of ether oxygens (including phenoxy) is 1. The molecule has 0 aromatic heterocycles. The number of thioether (sulfide) groups is 1. The van der Waals surface area contributed by atoms with Crippen LogP contribution in [0.2, 0.25) is 0 Å². The molecule has 0 bridgehead atoms. The molecular formula is C13H20BrNOS. The SMILES string of the molecule is CNC(C)c1cc(Br)ccc1SCCCOC. The smallest absolute Gasteiger partial charge is 0.0470 e. The van der Waals surface area contributed by atoms with Crippen molar-refractivity contribution >= 4 is 27.7 Å². The summed E-state index contributed by atoms with van der Waals surface area (Å²) in [7, 11) is 3.74. The molecule has 1 atom stereocenters. The van der Waals surface area contributed by atoms with Crippen LogP contribution in [0.1, 0.15) is 24.9 Å². The van der Waals surface area contributed by atoms with E-state index in [4.69, 9.17) is 4.74 Å². The van der Waals surface area contributed by atoms with Crippen molar-refractivity contribution in [1.29, 1.82) is 0 Å². The van der Waals surface area contributed by atoms with Crippen LogP contribution in [0.5, 0.6) is 0 Å². The van der Waals surface area contributed by atoms with E-state index >= 15 is 0 Å². The minimum Gasteiger partial charge on any atom is -0.385 e. The highest BCUT2D eigenvalue weighted by Gasteiger charge is 2.09. The predicted octanol–water partition coefficient (Wildman–Crippen LogP) is 3.86. The van der Waals surface area contributed by atoms with Crippen LogP contribution in [0.15, 0.2) is 27.6 Å². The first kappa shape index (κ1) is 15.0. The molecule has 0 aliphatic carbocycles. The topological polar surface area (TPSA) is 21.3 Å². The fourth-order valence-electron chi connectivity index (χ4n) is 1.53. The summed E-state index contributed by atoms with van der Waals surface area (Å²) in [6, 6.07) is 6.85. The summed E-state index contributed by atoms with van der Waals surface area (Å²) in [6.45, 7) is 3.02. The number of halogens is 1. The molecule has 0 amide bonds. The lowest BCUT2D eigenvalue weighted by molar-refractivity contribution is 0.200. The molecule has 0 aliphatic heterocycles. The van der Waals surface area contributed by atoms with Crippen LogP contribution >= 0.6 is 27.7 Å². The van der Waals surface area contributed by atoms with Gasteiger partial charge in [-0.15, -0.1) is 11.8 Å². The molecule has 0 radical (unpaired) electrons. The second-order valence-electron chi connectivity index (χ2n) is 3.89. The molecular weight excluding hydrogens is 298 g/mol. The molecule has 1 aromatic carbocycles. The van der Waals surface area contributed by atoms with Crippen molar-refractivity contribution < 1.29 is 4.74 Å². The van der Waals surface area contributed by atoms with E-state index in [1.165, 1.54) is 10.5 Å². The molecule has 0 saturated heterocycles. The second kappa shape index (κ2) is 8.14. The molecule has 4 heteroatoms. The first-order valence-electron chi connectivity index (χ1n) is 5.77. The Balaban J connectivity index is 2.69. The van der Waals surface area contributed by atoms with Gasteiger partial charge in [-0.25, -0.2) is 0 Å². The molecule has 0 aliphatic rings. The molecule has 1 unspecified atom stereocenters. The number of methoxy groups -OCH3 is 1. The van der Waals surface area contributed by atoms with Crippen molar-refractivity contribution in [1.82, 2.24) is 5.32 Å². The van der Waals surface area contributed by atoms with E-state index < -0.39 is 0 Å². The molecule has 96 valence electrons. The van der Waals surface area contributed by atoms with Crippen molar-refractivity contribution in [3.63, 3.8) is 0 Å². The van der Waals surface area contributed by atoms with E-state index in [9.17, 15) is 0 Å². The van der Waals surface area contributed by atoms with Crippen LogP contribution in [0.4, 0.5) is 0 Å². The van der Waals surface area contributed by atoms with Crippen LogP contribution in [-0.2, 0) is 4.74 Å². The summed E-state index contributed by atoms with van der Waals surface area (Å²) in [5.74, 6) is 1.10. The fraction of sp³-hybridized carbons (Fsp3) is 0.538. The Labute approximate surface area is 117 Å². The molecule has 1 N–H and O–H groups in total. The third kappa shape index (κ3) is 5.00. The zero-order valence-corrected chi connectivity index (χ0v) is 13.0. The summed E-state index contributed by atoms with van der Waals surface area (Å²) in [5, 5.41) is 3.29. The summed E-state index contributed by atoms with van der Waals surface area (Å²) < 4.78 is 6.20. The van der Waals surface area contributed by atoms with Crippen molar-refractivity contribution in [3.8, 4) is 0 Å². The highest BCUT2D eigenvalue weighted by atomic mass is 79.9. The van der Waals surface area contributed by atoms with E-state index in [2.05, 4.69) is 46.4 Å². The monoisotopic (exact) mass is 317 g/mol. The minimum atomic E-state index is 0.373. The van der Waals surface area contributed by atoms with Gasteiger partial charge in [-0.2, -0.15) is 0 Å². The van der Waals surface area contributed by atoms with Crippen LogP contribution < -0.4 is 5.32 Å². The maximum absolute atomic E-state index is 5.06. The first-order valence-corrected chi connectivity index (χ1v) is 7.55. The van der Waals surface area contributed by atoms with E-state index in [1.807, 2.05) is 18.8 Å². The molecule has 2 nitrogen and oxygen atoms in total. The highest BCUT2D eigenvalue weighted by Crippen LogP contribution is 2.30. The number of benzene rings is 1. The highest BCUT2D eigenvalue weighted by molar-refractivity contribution is 9.10. The summed E-state index contributed by atoms with van der Waals surface area (Å²) in [4.78, 5) is 1.35. The average Bonchev–Trinajstić information content (AvgIpc) is 2.35. The van der Waals surface area contributed by atoms with Crippen molar-refractivity contribution in [2.45, 2.75) is 24.3 Å². The normalized spacial score (nSPS) is 12.7. The van der Waals surface area contributed by atoms with Crippen LogP contribution in [0.25, 0.3) is 0 Å². The molecule has 0 fully saturated rings. The zero-order chi connectivity index (χ0) is 12.7. The van der Waals surface area contributed by atoms with E-state index in [0.29, 0.717) is 6.04 Å².